The van der Waals surface area contributed by atoms with Gasteiger partial charge in [-0.2, -0.15) is 0 Å². The summed E-state index contributed by atoms with van der Waals surface area (Å²) in [5, 5.41) is 4.58. The van der Waals surface area contributed by atoms with Crippen LogP contribution in [0.25, 0.3) is 10.9 Å². The molecule has 4 N–H and O–H groups in total. The van der Waals surface area contributed by atoms with Crippen LogP contribution in [0, 0.1) is 11.3 Å². The summed E-state index contributed by atoms with van der Waals surface area (Å²) >= 11 is 5.78. The molecule has 0 saturated heterocycles. The quantitative estimate of drug-likeness (QED) is 0.464. The second-order valence-electron chi connectivity index (χ2n) is 9.42. The molecule has 0 radical (unpaired) electrons. The zero-order valence-corrected chi connectivity index (χ0v) is 19.6. The molecule has 0 unspecified atom stereocenters. The summed E-state index contributed by atoms with van der Waals surface area (Å²) in [7, 11) is 0. The van der Waals surface area contributed by atoms with Gasteiger partial charge >= 0.3 is 0 Å². The van der Waals surface area contributed by atoms with E-state index in [1.165, 1.54) is 0 Å². The van der Waals surface area contributed by atoms with Gasteiger partial charge in [0.25, 0.3) is 0 Å². The highest BCUT2D eigenvalue weighted by Gasteiger charge is 2.32. The fourth-order valence-corrected chi connectivity index (χ4v) is 4.23. The number of fused-ring (bicyclic) bond motifs is 1. The zero-order valence-electron chi connectivity index (χ0n) is 18.7. The van der Waals surface area contributed by atoms with Crippen molar-refractivity contribution in [2.24, 2.45) is 17.1 Å². The molecule has 1 heterocycles. The first-order valence-corrected chi connectivity index (χ1v) is 11.1. The fraction of sp³-hybridized carbons (Fsp3) is 0.542. The number of aromatic nitrogens is 1. The number of nitrogens with one attached hydrogen (secondary N) is 2. The van der Waals surface area contributed by atoms with Gasteiger partial charge in [0.05, 0.1) is 0 Å². The molecule has 1 aromatic carbocycles. The molecule has 2 atom stereocenters. The van der Waals surface area contributed by atoms with Crippen LogP contribution in [0.15, 0.2) is 30.5 Å². The van der Waals surface area contributed by atoms with Gasteiger partial charge in [-0.1, -0.05) is 65.0 Å². The molecule has 1 amide bonds. The molecule has 2 rings (SSSR count). The van der Waals surface area contributed by atoms with Crippen LogP contribution in [0.5, 0.6) is 0 Å². The van der Waals surface area contributed by atoms with Gasteiger partial charge in [-0.05, 0) is 30.9 Å². The van der Waals surface area contributed by atoms with Gasteiger partial charge in [0, 0.05) is 51.8 Å². The number of H-pyrrole nitrogens is 1. The van der Waals surface area contributed by atoms with E-state index in [0.717, 1.165) is 21.3 Å². The summed E-state index contributed by atoms with van der Waals surface area (Å²) < 4.78 is 0. The van der Waals surface area contributed by atoms with E-state index >= 15 is 0 Å². The van der Waals surface area contributed by atoms with Gasteiger partial charge in [-0.3, -0.25) is 9.59 Å². The monoisotopic (exact) mass is 429 g/mol. The highest BCUT2D eigenvalue weighted by Crippen LogP contribution is 2.29. The minimum absolute atomic E-state index is 0.120. The number of thiocarbonyl (C=S) groups is 1. The summed E-state index contributed by atoms with van der Waals surface area (Å²) in [4.78, 5) is 28.7. The number of primary amides is 1. The third-order valence-electron chi connectivity index (χ3n) is 5.30. The Morgan fingerprint density at radius 2 is 1.87 bits per heavy atom. The van der Waals surface area contributed by atoms with E-state index in [-0.39, 0.29) is 36.1 Å². The van der Waals surface area contributed by atoms with Crippen molar-refractivity contribution in [1.82, 2.24) is 10.3 Å². The van der Waals surface area contributed by atoms with Crippen molar-refractivity contribution in [3.8, 4) is 0 Å². The number of carbonyl (C=O) groups excluding carboxylic acids is 2. The minimum Gasteiger partial charge on any atom is -0.370 e. The summed E-state index contributed by atoms with van der Waals surface area (Å²) in [5.74, 6) is -0.357. The molecule has 6 heteroatoms. The molecule has 0 spiro atoms. The second-order valence-corrected chi connectivity index (χ2v) is 9.95. The minimum atomic E-state index is -0.458. The Hall–Kier alpha value is -2.05. The van der Waals surface area contributed by atoms with Crippen molar-refractivity contribution >= 4 is 39.7 Å². The zero-order chi connectivity index (χ0) is 22.5. The lowest BCUT2D eigenvalue weighted by atomic mass is 9.77. The van der Waals surface area contributed by atoms with Crippen molar-refractivity contribution in [3.05, 3.63) is 36.0 Å². The highest BCUT2D eigenvalue weighted by molar-refractivity contribution is 7.80. The molecular weight excluding hydrogens is 394 g/mol. The van der Waals surface area contributed by atoms with Crippen molar-refractivity contribution in [3.63, 3.8) is 0 Å². The van der Waals surface area contributed by atoms with Crippen LogP contribution in [0.3, 0.4) is 0 Å². The molecule has 0 aliphatic carbocycles. The lowest BCUT2D eigenvalue weighted by Gasteiger charge is -2.28. The number of Topliss-reactive ketones (excluding diaryl/α,β-unsaturated/α-hetero) is 1. The summed E-state index contributed by atoms with van der Waals surface area (Å²) in [6.45, 7) is 9.96. The maximum Gasteiger partial charge on any atom is 0.217 e. The second kappa shape index (κ2) is 10.3. The van der Waals surface area contributed by atoms with E-state index in [9.17, 15) is 9.59 Å². The Bertz CT molecular complexity index is 895. The Morgan fingerprint density at radius 3 is 2.47 bits per heavy atom. The molecule has 5 nitrogen and oxygen atoms in total. The van der Waals surface area contributed by atoms with Gasteiger partial charge in [0.15, 0.2) is 0 Å². The topological polar surface area (TPSA) is 88.0 Å². The maximum atomic E-state index is 13.3. The number of nitrogens with two attached hydrogens (primary N) is 1. The number of para-hydroxylation sites is 1. The molecule has 0 fully saturated rings. The number of benzene rings is 1. The molecule has 0 bridgehead atoms. The molecule has 164 valence electrons. The maximum absolute atomic E-state index is 13.3. The Labute approximate surface area is 185 Å². The number of carbonyl (C=O) groups is 2. The first kappa shape index (κ1) is 24.2. The van der Waals surface area contributed by atoms with Gasteiger partial charge < -0.3 is 16.0 Å². The predicted molar refractivity (Wildman–Crippen MR) is 128 cm³/mol. The molecule has 0 saturated carbocycles. The van der Waals surface area contributed by atoms with Crippen LogP contribution in [0.2, 0.25) is 0 Å². The summed E-state index contributed by atoms with van der Waals surface area (Å²) in [5.41, 5.74) is 7.09. The number of hydrogen-bond donors (Lipinski definition) is 3. The number of rotatable bonds is 11. The molecular formula is C24H35N3O2S. The van der Waals surface area contributed by atoms with E-state index in [1.54, 1.807) is 0 Å². The van der Waals surface area contributed by atoms with Crippen molar-refractivity contribution in [1.29, 1.82) is 0 Å². The fourth-order valence-electron chi connectivity index (χ4n) is 3.85. The van der Waals surface area contributed by atoms with Crippen molar-refractivity contribution in [2.75, 3.05) is 0 Å². The Balaban J connectivity index is 2.26. The average molecular weight is 430 g/mol. The van der Waals surface area contributed by atoms with E-state index in [2.05, 4.69) is 16.4 Å². The van der Waals surface area contributed by atoms with E-state index in [4.69, 9.17) is 18.0 Å². The molecule has 30 heavy (non-hydrogen) atoms. The van der Waals surface area contributed by atoms with Crippen molar-refractivity contribution in [2.45, 2.75) is 72.4 Å². The average Bonchev–Trinajstić information content (AvgIpc) is 3.05. The van der Waals surface area contributed by atoms with Gasteiger partial charge in [-0.25, -0.2) is 0 Å². The van der Waals surface area contributed by atoms with Gasteiger partial charge in [0.1, 0.15) is 5.78 Å². The largest absolute Gasteiger partial charge is 0.370 e. The molecule has 0 aliphatic heterocycles. The third-order valence-corrected chi connectivity index (χ3v) is 5.75. The van der Waals surface area contributed by atoms with E-state index in [1.807, 2.05) is 59.0 Å². The van der Waals surface area contributed by atoms with Crippen LogP contribution in [-0.2, 0) is 16.0 Å². The number of ketones is 1. The smallest absolute Gasteiger partial charge is 0.217 e. The third kappa shape index (κ3) is 6.74. The SMILES string of the molecule is CC(C)N[C@@H](CCC(N)=O)C(=S)C[C@@H](Cc1c[nH]c2ccccc12)C(=O)C(C)(C)C. The van der Waals surface area contributed by atoms with Gasteiger partial charge in [-0.15, -0.1) is 0 Å². The molecule has 2 aromatic rings. The first-order valence-electron chi connectivity index (χ1n) is 10.7. The normalized spacial score (nSPS) is 14.1. The van der Waals surface area contributed by atoms with E-state index in [0.29, 0.717) is 19.3 Å². The highest BCUT2D eigenvalue weighted by atomic mass is 32.1. The first-order chi connectivity index (χ1) is 14.0. The van der Waals surface area contributed by atoms with E-state index < -0.39 is 5.41 Å². The molecule has 1 aromatic heterocycles. The Kier molecular flexibility index (Phi) is 8.33. The van der Waals surface area contributed by atoms with Crippen LogP contribution < -0.4 is 11.1 Å². The number of amides is 1. The van der Waals surface area contributed by atoms with Crippen molar-refractivity contribution < 1.29 is 9.59 Å². The van der Waals surface area contributed by atoms with Crippen LogP contribution >= 0.6 is 12.2 Å². The summed E-state index contributed by atoms with van der Waals surface area (Å²) in [6, 6.07) is 8.22. The number of hydrogen-bond acceptors (Lipinski definition) is 4. The summed E-state index contributed by atoms with van der Waals surface area (Å²) in [6.07, 6.45) is 3.95. The lowest BCUT2D eigenvalue weighted by molar-refractivity contribution is -0.130. The molecule has 0 aliphatic rings. The predicted octanol–water partition coefficient (Wildman–Crippen LogP) is 4.33. The Morgan fingerprint density at radius 1 is 1.20 bits per heavy atom. The lowest BCUT2D eigenvalue weighted by Crippen LogP contribution is -2.42. The van der Waals surface area contributed by atoms with Gasteiger partial charge in [0.2, 0.25) is 5.91 Å². The standard InChI is InChI=1S/C24H35N3O2S/c1-15(2)27-20(10-11-22(25)28)21(30)13-16(23(29)24(3,4)5)12-17-14-26-19-9-7-6-8-18(17)19/h6-9,14-16,20,26-27H,10-13H2,1-5H3,(H2,25,28)/t16-,20+/m1/s1. The van der Waals surface area contributed by atoms with Crippen LogP contribution in [0.1, 0.15) is 59.4 Å². The van der Waals surface area contributed by atoms with Crippen LogP contribution in [-0.4, -0.2) is 33.6 Å². The van der Waals surface area contributed by atoms with Crippen LogP contribution in [0.4, 0.5) is 0 Å². The number of aromatic amines is 1.